The third-order valence-corrected chi connectivity index (χ3v) is 6.13. The molecular weight excluding hydrogens is 350 g/mol. The molecule has 0 aromatic carbocycles. The zero-order valence-corrected chi connectivity index (χ0v) is 14.1. The molecule has 1 fully saturated rings. The van der Waals surface area contributed by atoms with Crippen LogP contribution < -0.4 is 0 Å². The molecule has 0 aromatic heterocycles. The van der Waals surface area contributed by atoms with Gasteiger partial charge in [-0.1, -0.05) is 0 Å². The average molecular weight is 371 g/mol. The minimum atomic E-state index is -3.29. The molecule has 0 saturated carbocycles. The summed E-state index contributed by atoms with van der Waals surface area (Å²) in [7, 11) is -3.29. The minimum Gasteiger partial charge on any atom is -0.623 e. The van der Waals surface area contributed by atoms with Gasteiger partial charge in [-0.05, 0) is 11.8 Å². The Hall–Kier alpha value is -0.430. The number of rotatable bonds is 4. The lowest BCUT2D eigenvalue weighted by molar-refractivity contribution is -0.483. The first-order valence-corrected chi connectivity index (χ1v) is 10.0. The lowest BCUT2D eigenvalue weighted by atomic mass is 10.0. The van der Waals surface area contributed by atoms with Crippen molar-refractivity contribution in [1.82, 2.24) is 0 Å². The molecule has 6 atom stereocenters. The van der Waals surface area contributed by atoms with Gasteiger partial charge in [0.05, 0.1) is 6.61 Å². The van der Waals surface area contributed by atoms with Crippen molar-refractivity contribution in [2.24, 2.45) is 0 Å². The zero-order chi connectivity index (χ0) is 17.4. The topological polar surface area (TPSA) is 150 Å². The molecule has 0 spiro atoms. The molecule has 0 aromatic rings. The summed E-state index contributed by atoms with van der Waals surface area (Å²) in [5.74, 6) is -0.255. The van der Waals surface area contributed by atoms with Crippen LogP contribution in [0.3, 0.4) is 0 Å². The van der Waals surface area contributed by atoms with Crippen LogP contribution in [0, 0.1) is 5.21 Å². The Kier molecular flexibility index (Phi) is 5.93. The van der Waals surface area contributed by atoms with Crippen molar-refractivity contribution in [2.75, 3.05) is 18.6 Å². The predicted molar refractivity (Wildman–Crippen MR) is 82.7 cm³/mol. The average Bonchev–Trinajstić information content (AvgIpc) is 2.79. The molecule has 23 heavy (non-hydrogen) atoms. The summed E-state index contributed by atoms with van der Waals surface area (Å²) in [6.45, 7) is -0.546. The van der Waals surface area contributed by atoms with Crippen LogP contribution in [0.15, 0.2) is 0 Å². The number of ether oxygens (including phenoxy) is 1. The van der Waals surface area contributed by atoms with Crippen LogP contribution in [0.25, 0.3) is 0 Å². The first kappa shape index (κ1) is 18.9. The number of hydroxylamine groups is 1. The Morgan fingerprint density at radius 2 is 1.96 bits per heavy atom. The van der Waals surface area contributed by atoms with Crippen LogP contribution in [0.1, 0.15) is 12.8 Å². The Bertz CT molecular complexity index is 563. The van der Waals surface area contributed by atoms with Crippen LogP contribution in [0.4, 0.5) is 0 Å². The van der Waals surface area contributed by atoms with E-state index < -0.39 is 52.3 Å². The number of aliphatic hydroxyl groups is 4. The molecule has 1 unspecified atom stereocenters. The quantitative estimate of drug-likeness (QED) is 0.314. The number of aliphatic hydroxyl groups excluding tert-OH is 4. The van der Waals surface area contributed by atoms with E-state index in [9.17, 15) is 28.9 Å². The maximum absolute atomic E-state index is 12.2. The second-order valence-electron chi connectivity index (χ2n) is 5.82. The number of nitrogens with zero attached hydrogens (tertiary/aromatic N) is 1. The van der Waals surface area contributed by atoms with E-state index in [2.05, 4.69) is 0 Å². The smallest absolute Gasteiger partial charge is 0.224 e. The van der Waals surface area contributed by atoms with E-state index in [1.165, 1.54) is 0 Å². The Labute approximate surface area is 138 Å². The second-order valence-corrected chi connectivity index (χ2v) is 9.18. The van der Waals surface area contributed by atoms with Crippen molar-refractivity contribution in [3.8, 4) is 0 Å². The summed E-state index contributed by atoms with van der Waals surface area (Å²) in [6, 6.07) is -0.683. The van der Waals surface area contributed by atoms with E-state index in [4.69, 9.17) is 9.84 Å². The molecule has 2 heterocycles. The zero-order valence-electron chi connectivity index (χ0n) is 12.5. The minimum absolute atomic E-state index is 0.255. The fourth-order valence-corrected chi connectivity index (χ4v) is 4.89. The van der Waals surface area contributed by atoms with E-state index >= 15 is 0 Å². The molecule has 0 amide bonds. The van der Waals surface area contributed by atoms with Crippen molar-refractivity contribution in [3.05, 3.63) is 5.21 Å². The number of sulfone groups is 1. The normalized spacial score (nSPS) is 39.0. The molecule has 2 aliphatic heterocycles. The largest absolute Gasteiger partial charge is 0.623 e. The molecule has 0 aliphatic carbocycles. The van der Waals surface area contributed by atoms with Gasteiger partial charge in [-0.15, -0.1) is 0 Å². The van der Waals surface area contributed by atoms with Crippen LogP contribution in [0.5, 0.6) is 0 Å². The summed E-state index contributed by atoms with van der Waals surface area (Å²) in [5, 5.41) is 51.0. The van der Waals surface area contributed by atoms with Gasteiger partial charge in [0.25, 0.3) is 0 Å². The summed E-state index contributed by atoms with van der Waals surface area (Å²) in [4.78, 5) is 0. The van der Waals surface area contributed by atoms with Gasteiger partial charge < -0.3 is 30.4 Å². The molecule has 2 rings (SSSR count). The van der Waals surface area contributed by atoms with Gasteiger partial charge in [-0.3, -0.25) is 0 Å². The van der Waals surface area contributed by atoms with Gasteiger partial charge >= 0.3 is 0 Å². The standard InChI is InChI=1S/C12H21NO8S2/c1-23(19,20)5-6-2-3-8(13(6)18)22-12-11(17)10(16)9(15)7(4-14)21-12/h6-7,9-12,14-17H,2-5H2,1H3/t6?,7-,9-,10+,11-,12+/m1/s1. The van der Waals surface area contributed by atoms with Crippen molar-refractivity contribution in [3.63, 3.8) is 0 Å². The Morgan fingerprint density at radius 1 is 1.30 bits per heavy atom. The summed E-state index contributed by atoms with van der Waals surface area (Å²) in [5.41, 5.74) is -1.03. The van der Waals surface area contributed by atoms with E-state index in [1.807, 2.05) is 0 Å². The number of hydrogen-bond donors (Lipinski definition) is 4. The van der Waals surface area contributed by atoms with Gasteiger partial charge in [-0.2, -0.15) is 4.74 Å². The third-order valence-electron chi connectivity index (χ3n) is 3.86. The lowest BCUT2D eigenvalue weighted by Gasteiger charge is -2.39. The highest BCUT2D eigenvalue weighted by molar-refractivity contribution is 8.14. The highest BCUT2D eigenvalue weighted by Crippen LogP contribution is 2.32. The molecule has 1 saturated heterocycles. The van der Waals surface area contributed by atoms with Crippen molar-refractivity contribution < 1.29 is 38.3 Å². The van der Waals surface area contributed by atoms with E-state index in [-0.39, 0.29) is 5.75 Å². The molecule has 4 N–H and O–H groups in total. The maximum atomic E-state index is 12.2. The second kappa shape index (κ2) is 7.21. The van der Waals surface area contributed by atoms with Gasteiger partial charge in [0.2, 0.25) is 5.04 Å². The molecule has 0 radical (unpaired) electrons. The number of thioether (sulfide) groups is 1. The summed E-state index contributed by atoms with van der Waals surface area (Å²) < 4.78 is 28.5. The van der Waals surface area contributed by atoms with E-state index in [1.54, 1.807) is 0 Å². The lowest BCUT2D eigenvalue weighted by Crippen LogP contribution is -2.57. The molecule has 11 heteroatoms. The first-order valence-electron chi connectivity index (χ1n) is 7.11. The molecule has 9 nitrogen and oxygen atoms in total. The maximum Gasteiger partial charge on any atom is 0.224 e. The third kappa shape index (κ3) is 4.35. The van der Waals surface area contributed by atoms with Crippen LogP contribution in [0.2, 0.25) is 0 Å². The van der Waals surface area contributed by atoms with Crippen LogP contribution in [-0.4, -0.2) is 93.1 Å². The monoisotopic (exact) mass is 371 g/mol. The van der Waals surface area contributed by atoms with E-state index in [0.717, 1.165) is 18.0 Å². The Balaban J connectivity index is 2.09. The van der Waals surface area contributed by atoms with Gasteiger partial charge in [0, 0.05) is 19.1 Å². The Morgan fingerprint density at radius 3 is 2.52 bits per heavy atom. The molecular formula is C12H21NO8S2. The fourth-order valence-electron chi connectivity index (χ4n) is 2.63. The summed E-state index contributed by atoms with van der Waals surface area (Å²) in [6.07, 6.45) is -3.68. The molecule has 2 aliphatic rings. The fraction of sp³-hybridized carbons (Fsp3) is 0.917. The van der Waals surface area contributed by atoms with Crippen molar-refractivity contribution >= 4 is 26.6 Å². The van der Waals surface area contributed by atoms with Gasteiger partial charge in [0.1, 0.15) is 35.6 Å². The van der Waals surface area contributed by atoms with Gasteiger partial charge in [0.15, 0.2) is 15.9 Å². The number of hydrogen-bond acceptors (Lipinski definition) is 9. The van der Waals surface area contributed by atoms with Crippen LogP contribution in [-0.2, 0) is 14.6 Å². The van der Waals surface area contributed by atoms with Crippen LogP contribution >= 0.6 is 11.8 Å². The summed E-state index contributed by atoms with van der Waals surface area (Å²) >= 11 is 0.880. The highest BCUT2D eigenvalue weighted by atomic mass is 32.2. The van der Waals surface area contributed by atoms with Crippen molar-refractivity contribution in [2.45, 2.75) is 48.7 Å². The first-order chi connectivity index (χ1) is 10.6. The van der Waals surface area contributed by atoms with E-state index in [0.29, 0.717) is 22.6 Å². The molecule has 0 bridgehead atoms. The van der Waals surface area contributed by atoms with Gasteiger partial charge in [-0.25, -0.2) is 8.42 Å². The van der Waals surface area contributed by atoms with Crippen molar-refractivity contribution in [1.29, 1.82) is 0 Å². The SMILES string of the molecule is CS(=O)(=O)CC1CCC(S[C@@H]2O[C@H](CO)[C@@H](O)[C@H](O)[C@H]2O)=[N+]1[O-]. The predicted octanol–water partition coefficient (Wildman–Crippen LogP) is -2.36. The molecule has 134 valence electrons. The highest BCUT2D eigenvalue weighted by Gasteiger charge is 2.46.